The SMILES string of the molecule is CN(C(=O)c1ccc2n[nH]nc2c1)c1ccccc1. The molecule has 0 aliphatic carbocycles. The van der Waals surface area contributed by atoms with Crippen molar-refractivity contribution in [3.8, 4) is 0 Å². The number of amides is 1. The molecular weight excluding hydrogens is 240 g/mol. The molecule has 94 valence electrons. The van der Waals surface area contributed by atoms with Gasteiger partial charge in [0.05, 0.1) is 0 Å². The van der Waals surface area contributed by atoms with Gasteiger partial charge in [-0.15, -0.1) is 0 Å². The third-order valence-electron chi connectivity index (χ3n) is 3.01. The van der Waals surface area contributed by atoms with E-state index in [1.165, 1.54) is 0 Å². The second-order valence-electron chi connectivity index (χ2n) is 4.23. The van der Waals surface area contributed by atoms with Gasteiger partial charge in [-0.25, -0.2) is 0 Å². The molecule has 0 radical (unpaired) electrons. The zero-order valence-corrected chi connectivity index (χ0v) is 10.4. The van der Waals surface area contributed by atoms with Crippen LogP contribution in [0.4, 0.5) is 5.69 Å². The first-order chi connectivity index (χ1) is 9.25. The van der Waals surface area contributed by atoms with Crippen molar-refractivity contribution in [2.24, 2.45) is 0 Å². The molecule has 0 spiro atoms. The van der Waals surface area contributed by atoms with E-state index in [9.17, 15) is 4.79 Å². The monoisotopic (exact) mass is 252 g/mol. The van der Waals surface area contributed by atoms with E-state index in [0.717, 1.165) is 11.2 Å². The topological polar surface area (TPSA) is 61.9 Å². The maximum Gasteiger partial charge on any atom is 0.258 e. The Morgan fingerprint density at radius 2 is 1.79 bits per heavy atom. The zero-order valence-electron chi connectivity index (χ0n) is 10.4. The summed E-state index contributed by atoms with van der Waals surface area (Å²) in [6.45, 7) is 0. The van der Waals surface area contributed by atoms with E-state index in [2.05, 4.69) is 15.4 Å². The van der Waals surface area contributed by atoms with Gasteiger partial charge in [-0.3, -0.25) is 4.79 Å². The molecule has 3 rings (SSSR count). The van der Waals surface area contributed by atoms with Gasteiger partial charge in [0.15, 0.2) is 0 Å². The molecule has 0 atom stereocenters. The van der Waals surface area contributed by atoms with Crippen LogP contribution in [0, 0.1) is 0 Å². The Bertz CT molecular complexity index is 720. The number of carbonyl (C=O) groups excluding carboxylic acids is 1. The van der Waals surface area contributed by atoms with Crippen molar-refractivity contribution in [3.63, 3.8) is 0 Å². The highest BCUT2D eigenvalue weighted by Gasteiger charge is 2.14. The van der Waals surface area contributed by atoms with E-state index >= 15 is 0 Å². The number of anilines is 1. The molecule has 1 amide bonds. The lowest BCUT2D eigenvalue weighted by Gasteiger charge is -2.17. The lowest BCUT2D eigenvalue weighted by molar-refractivity contribution is 0.0993. The second-order valence-corrected chi connectivity index (χ2v) is 4.23. The van der Waals surface area contributed by atoms with Gasteiger partial charge in [0.2, 0.25) is 0 Å². The van der Waals surface area contributed by atoms with E-state index in [-0.39, 0.29) is 5.91 Å². The van der Waals surface area contributed by atoms with Crippen LogP contribution in [-0.2, 0) is 0 Å². The number of hydrogen-bond acceptors (Lipinski definition) is 3. The molecule has 2 aromatic carbocycles. The Kier molecular flexibility index (Phi) is 2.72. The highest BCUT2D eigenvalue weighted by atomic mass is 16.2. The quantitative estimate of drug-likeness (QED) is 0.760. The predicted octanol–water partition coefficient (Wildman–Crippen LogP) is 2.23. The molecule has 0 aliphatic rings. The second kappa shape index (κ2) is 4.53. The van der Waals surface area contributed by atoms with E-state index in [4.69, 9.17) is 0 Å². The van der Waals surface area contributed by atoms with Crippen molar-refractivity contribution < 1.29 is 4.79 Å². The van der Waals surface area contributed by atoms with Gasteiger partial charge in [0.1, 0.15) is 11.0 Å². The first-order valence-electron chi connectivity index (χ1n) is 5.89. The van der Waals surface area contributed by atoms with Gasteiger partial charge >= 0.3 is 0 Å². The number of aromatic nitrogens is 3. The van der Waals surface area contributed by atoms with E-state index in [1.807, 2.05) is 30.3 Å². The fourth-order valence-corrected chi connectivity index (χ4v) is 1.94. The van der Waals surface area contributed by atoms with Crippen LogP contribution in [-0.4, -0.2) is 28.4 Å². The van der Waals surface area contributed by atoms with Crippen molar-refractivity contribution in [2.75, 3.05) is 11.9 Å². The van der Waals surface area contributed by atoms with Gasteiger partial charge in [0.25, 0.3) is 5.91 Å². The minimum absolute atomic E-state index is 0.0731. The highest BCUT2D eigenvalue weighted by molar-refractivity contribution is 6.07. The molecule has 1 N–H and O–H groups in total. The Hall–Kier alpha value is -2.69. The molecule has 19 heavy (non-hydrogen) atoms. The summed E-state index contributed by atoms with van der Waals surface area (Å²) in [5.41, 5.74) is 2.88. The normalized spacial score (nSPS) is 10.6. The van der Waals surface area contributed by atoms with Crippen molar-refractivity contribution in [1.82, 2.24) is 15.4 Å². The fourth-order valence-electron chi connectivity index (χ4n) is 1.94. The van der Waals surface area contributed by atoms with E-state index in [0.29, 0.717) is 11.1 Å². The third kappa shape index (κ3) is 2.06. The maximum atomic E-state index is 12.4. The van der Waals surface area contributed by atoms with Crippen LogP contribution in [0.2, 0.25) is 0 Å². The predicted molar refractivity (Wildman–Crippen MR) is 73.1 cm³/mol. The summed E-state index contributed by atoms with van der Waals surface area (Å²) < 4.78 is 0. The fraction of sp³-hybridized carbons (Fsp3) is 0.0714. The Labute approximate surface area is 109 Å². The third-order valence-corrected chi connectivity index (χ3v) is 3.01. The van der Waals surface area contributed by atoms with E-state index < -0.39 is 0 Å². The first-order valence-corrected chi connectivity index (χ1v) is 5.89. The van der Waals surface area contributed by atoms with Crippen LogP contribution in [0.15, 0.2) is 48.5 Å². The number of H-pyrrole nitrogens is 1. The molecule has 0 bridgehead atoms. The van der Waals surface area contributed by atoms with Gasteiger partial charge in [-0.1, -0.05) is 18.2 Å². The summed E-state index contributed by atoms with van der Waals surface area (Å²) in [6, 6.07) is 14.8. The number of hydrogen-bond donors (Lipinski definition) is 1. The number of nitrogens with one attached hydrogen (secondary N) is 1. The molecule has 0 unspecified atom stereocenters. The summed E-state index contributed by atoms with van der Waals surface area (Å²) >= 11 is 0. The lowest BCUT2D eigenvalue weighted by Crippen LogP contribution is -2.26. The van der Waals surface area contributed by atoms with Gasteiger partial charge in [0, 0.05) is 18.3 Å². The summed E-state index contributed by atoms with van der Waals surface area (Å²) in [5.74, 6) is -0.0731. The smallest absolute Gasteiger partial charge is 0.258 e. The van der Waals surface area contributed by atoms with Crippen molar-refractivity contribution in [3.05, 3.63) is 54.1 Å². The lowest BCUT2D eigenvalue weighted by atomic mass is 10.1. The minimum Gasteiger partial charge on any atom is -0.311 e. The van der Waals surface area contributed by atoms with Crippen molar-refractivity contribution in [2.45, 2.75) is 0 Å². The minimum atomic E-state index is -0.0731. The average molecular weight is 252 g/mol. The first kappa shape index (κ1) is 11.4. The van der Waals surface area contributed by atoms with Gasteiger partial charge in [-0.05, 0) is 30.3 Å². The van der Waals surface area contributed by atoms with Gasteiger partial charge in [-0.2, -0.15) is 15.4 Å². The van der Waals surface area contributed by atoms with Crippen LogP contribution in [0.25, 0.3) is 11.0 Å². The summed E-state index contributed by atoms with van der Waals surface area (Å²) in [6.07, 6.45) is 0. The van der Waals surface area contributed by atoms with Crippen LogP contribution >= 0.6 is 0 Å². The van der Waals surface area contributed by atoms with Crippen molar-refractivity contribution >= 4 is 22.6 Å². The molecule has 3 aromatic rings. The molecule has 0 aliphatic heterocycles. The molecule has 5 nitrogen and oxygen atoms in total. The number of para-hydroxylation sites is 1. The summed E-state index contributed by atoms with van der Waals surface area (Å²) in [5, 5.41) is 10.5. The van der Waals surface area contributed by atoms with Crippen LogP contribution in [0.1, 0.15) is 10.4 Å². The Morgan fingerprint density at radius 3 is 2.58 bits per heavy atom. The maximum absolute atomic E-state index is 12.4. The molecule has 1 heterocycles. The highest BCUT2D eigenvalue weighted by Crippen LogP contribution is 2.17. The van der Waals surface area contributed by atoms with Crippen LogP contribution in [0.3, 0.4) is 0 Å². The molecule has 0 saturated heterocycles. The molecule has 1 aromatic heterocycles. The number of nitrogens with zero attached hydrogens (tertiary/aromatic N) is 3. The van der Waals surface area contributed by atoms with Gasteiger partial charge < -0.3 is 4.90 Å². The Morgan fingerprint density at radius 1 is 1.05 bits per heavy atom. The van der Waals surface area contributed by atoms with E-state index in [1.54, 1.807) is 30.1 Å². The van der Waals surface area contributed by atoms with Crippen LogP contribution < -0.4 is 4.90 Å². The summed E-state index contributed by atoms with van der Waals surface area (Å²) in [7, 11) is 1.75. The van der Waals surface area contributed by atoms with Crippen molar-refractivity contribution in [1.29, 1.82) is 0 Å². The number of aromatic amines is 1. The number of fused-ring (bicyclic) bond motifs is 1. The largest absolute Gasteiger partial charge is 0.311 e. The zero-order chi connectivity index (χ0) is 13.2. The molecule has 0 saturated carbocycles. The standard InChI is InChI=1S/C14H12N4O/c1-18(11-5-3-2-4-6-11)14(19)10-7-8-12-13(9-10)16-17-15-12/h2-9H,1H3,(H,15,16,17). The molecule has 5 heteroatoms. The number of carbonyl (C=O) groups is 1. The van der Waals surface area contributed by atoms with Crippen LogP contribution in [0.5, 0.6) is 0 Å². The number of benzene rings is 2. The Balaban J connectivity index is 1.95. The average Bonchev–Trinajstić information content (AvgIpc) is 2.94. The molecular formula is C14H12N4O. The summed E-state index contributed by atoms with van der Waals surface area (Å²) in [4.78, 5) is 14.0. The number of rotatable bonds is 2. The molecule has 0 fully saturated rings.